The summed E-state index contributed by atoms with van der Waals surface area (Å²) in [6, 6.07) is 0. The Morgan fingerprint density at radius 2 is 0.467 bits per heavy atom. The minimum Gasteiger partial charge on any atom is -0.394 e. The van der Waals surface area contributed by atoms with Gasteiger partial charge in [-0.3, -0.25) is 0 Å². The standard InChI is InChI=1S/C24H44NO20/c26-1-5-9(30)13(34)17(38)21(42-5)25(22-18(39)14(35)10(31)6(2-27)43-22,23-19(40)15(36)11(32)7(3-28)44-23)24-20(41)16(37)12(33)8(4-29)45-24/h5-24,26-41H,1-4H2/q+1/t5-,6-,7-,8-,9+,10+,11+,12+,13+,14+,15+,16+,17-,18-,19-,20-,21?,22?,23?,24?,25?/m1/s1. The van der Waals surface area contributed by atoms with Crippen molar-refractivity contribution in [3.05, 3.63) is 0 Å². The van der Waals surface area contributed by atoms with Crippen LogP contribution in [0, 0.1) is 0 Å². The van der Waals surface area contributed by atoms with Gasteiger partial charge in [0.25, 0.3) is 0 Å². The van der Waals surface area contributed by atoms with Crippen LogP contribution in [-0.4, -0.2) is 235 Å². The molecule has 0 radical (unpaired) electrons. The molecule has 4 aliphatic rings. The zero-order valence-corrected chi connectivity index (χ0v) is 23.6. The first-order chi connectivity index (χ1) is 21.1. The highest BCUT2D eigenvalue weighted by Crippen LogP contribution is 2.47. The molecule has 21 heteroatoms. The Morgan fingerprint density at radius 1 is 0.289 bits per heavy atom. The Labute approximate surface area is 254 Å². The van der Waals surface area contributed by atoms with E-state index in [1.165, 1.54) is 0 Å². The number of hydrogen-bond donors (Lipinski definition) is 16. The number of ether oxygens (including phenoxy) is 4. The predicted molar refractivity (Wildman–Crippen MR) is 135 cm³/mol. The van der Waals surface area contributed by atoms with Gasteiger partial charge in [-0.1, -0.05) is 0 Å². The van der Waals surface area contributed by atoms with Crippen LogP contribution < -0.4 is 0 Å². The lowest BCUT2D eigenvalue weighted by atomic mass is 9.87. The van der Waals surface area contributed by atoms with Crippen LogP contribution in [0.5, 0.6) is 0 Å². The lowest BCUT2D eigenvalue weighted by Crippen LogP contribution is -2.88. The second-order valence-electron chi connectivity index (χ2n) is 11.8. The maximum atomic E-state index is 11.4. The molecule has 0 amide bonds. The van der Waals surface area contributed by atoms with Gasteiger partial charge in [-0.25, -0.2) is 4.48 Å². The summed E-state index contributed by atoms with van der Waals surface area (Å²) in [5, 5.41) is 171. The molecular formula is C24H44NO20+. The molecule has 0 aromatic rings. The summed E-state index contributed by atoms with van der Waals surface area (Å²) < 4.78 is 21.2. The lowest BCUT2D eigenvalue weighted by molar-refractivity contribution is -1.10. The average molecular weight is 667 g/mol. The van der Waals surface area contributed by atoms with Crippen LogP contribution in [0.1, 0.15) is 0 Å². The molecule has 264 valence electrons. The molecule has 4 saturated heterocycles. The maximum absolute atomic E-state index is 11.4. The highest BCUT2D eigenvalue weighted by Gasteiger charge is 2.73. The molecule has 21 nitrogen and oxygen atoms in total. The number of hydrogen-bond acceptors (Lipinski definition) is 20. The largest absolute Gasteiger partial charge is 0.394 e. The lowest BCUT2D eigenvalue weighted by Gasteiger charge is -2.64. The Balaban J connectivity index is 2.08. The Bertz CT molecular complexity index is 810. The van der Waals surface area contributed by atoms with E-state index in [1.807, 2.05) is 0 Å². The highest BCUT2D eigenvalue weighted by atomic mass is 16.7. The predicted octanol–water partition coefficient (Wildman–Crippen LogP) is -11.0. The van der Waals surface area contributed by atoms with E-state index in [0.717, 1.165) is 0 Å². The van der Waals surface area contributed by atoms with Crippen molar-refractivity contribution in [1.29, 1.82) is 0 Å². The minimum atomic E-state index is -2.42. The minimum absolute atomic E-state index is 1.07. The molecule has 4 heterocycles. The molecule has 0 aromatic heterocycles. The third-order valence-corrected chi connectivity index (χ3v) is 9.23. The summed E-state index contributed by atoms with van der Waals surface area (Å²) >= 11 is 0. The Hall–Kier alpha value is -0.840. The van der Waals surface area contributed by atoms with Crippen LogP contribution in [-0.2, 0) is 18.9 Å². The quantitative estimate of drug-likeness (QED) is 0.107. The van der Waals surface area contributed by atoms with Gasteiger partial charge in [0, 0.05) is 0 Å². The van der Waals surface area contributed by atoms with E-state index in [2.05, 4.69) is 0 Å². The van der Waals surface area contributed by atoms with E-state index in [0.29, 0.717) is 0 Å². The number of rotatable bonds is 8. The summed E-state index contributed by atoms with van der Waals surface area (Å²) in [7, 11) is 0. The van der Waals surface area contributed by atoms with Crippen molar-refractivity contribution in [2.45, 2.75) is 123 Å². The van der Waals surface area contributed by atoms with Crippen molar-refractivity contribution in [3.8, 4) is 0 Å². The number of nitrogens with zero attached hydrogens (tertiary/aromatic N) is 1. The van der Waals surface area contributed by atoms with Crippen molar-refractivity contribution in [3.63, 3.8) is 0 Å². The molecule has 4 rings (SSSR count). The summed E-state index contributed by atoms with van der Waals surface area (Å²) in [6.45, 7) is -4.28. The molecular weight excluding hydrogens is 622 g/mol. The van der Waals surface area contributed by atoms with Gasteiger partial charge in [-0.05, 0) is 0 Å². The average Bonchev–Trinajstić information content (AvgIpc) is 3.03. The third kappa shape index (κ3) is 5.92. The van der Waals surface area contributed by atoms with Gasteiger partial charge >= 0.3 is 0 Å². The molecule has 0 spiro atoms. The number of aliphatic hydroxyl groups excluding tert-OH is 16. The molecule has 0 aromatic carbocycles. The summed E-state index contributed by atoms with van der Waals surface area (Å²) in [5.74, 6) is 0. The normalized spacial score (nSPS) is 54.4. The SMILES string of the molecule is OC[C@H]1OC([N+](C2O[C@H](CO)[C@H](O)[C@H](O)[C@H]2O)(C2O[C@H](CO)[C@H](O)[C@H](O)[C@H]2O)C2O[C@H](CO)[C@H](O)[C@H](O)[C@H]2O)[C@H](O)[C@@H](O)[C@H]1O. The van der Waals surface area contributed by atoms with Gasteiger partial charge in [0.15, 0.2) is 24.4 Å². The highest BCUT2D eigenvalue weighted by molar-refractivity contribution is 4.99. The fraction of sp³-hybridized carbons (Fsp3) is 1.00. The van der Waals surface area contributed by atoms with E-state index < -0.39 is 153 Å². The Morgan fingerprint density at radius 3 is 0.622 bits per heavy atom. The van der Waals surface area contributed by atoms with Gasteiger partial charge in [-0.15, -0.1) is 0 Å². The van der Waals surface area contributed by atoms with Crippen molar-refractivity contribution >= 4 is 0 Å². The van der Waals surface area contributed by atoms with Gasteiger partial charge in [0.2, 0.25) is 24.9 Å². The fourth-order valence-electron chi connectivity index (χ4n) is 6.68. The second kappa shape index (κ2) is 14.3. The van der Waals surface area contributed by atoms with Crippen molar-refractivity contribution in [2.24, 2.45) is 0 Å². The zero-order valence-electron chi connectivity index (χ0n) is 23.6. The van der Waals surface area contributed by atoms with E-state index >= 15 is 0 Å². The second-order valence-corrected chi connectivity index (χ2v) is 11.8. The molecule has 0 bridgehead atoms. The molecule has 0 saturated carbocycles. The first-order valence-electron chi connectivity index (χ1n) is 14.2. The maximum Gasteiger partial charge on any atom is 0.229 e. The zero-order chi connectivity index (χ0) is 33.7. The molecule has 4 unspecified atom stereocenters. The summed E-state index contributed by atoms with van der Waals surface area (Å²) in [6.07, 6.45) is -43.5. The van der Waals surface area contributed by atoms with Crippen LogP contribution in [0.15, 0.2) is 0 Å². The molecule has 20 atom stereocenters. The van der Waals surface area contributed by atoms with E-state index in [4.69, 9.17) is 18.9 Å². The molecule has 4 aliphatic heterocycles. The van der Waals surface area contributed by atoms with Crippen LogP contribution in [0.3, 0.4) is 0 Å². The molecule has 0 aliphatic carbocycles. The molecule has 16 N–H and O–H groups in total. The number of aliphatic hydroxyl groups is 16. The summed E-state index contributed by atoms with van der Waals surface area (Å²) in [4.78, 5) is 0. The third-order valence-electron chi connectivity index (χ3n) is 9.23. The first kappa shape index (κ1) is 37.0. The van der Waals surface area contributed by atoms with Crippen LogP contribution in [0.2, 0.25) is 0 Å². The van der Waals surface area contributed by atoms with E-state index in [-0.39, 0.29) is 0 Å². The number of quaternary nitrogens is 1. The van der Waals surface area contributed by atoms with E-state index in [1.54, 1.807) is 0 Å². The Kier molecular flexibility index (Phi) is 11.8. The first-order valence-corrected chi connectivity index (χ1v) is 14.2. The monoisotopic (exact) mass is 666 g/mol. The van der Waals surface area contributed by atoms with Crippen molar-refractivity contribution in [2.75, 3.05) is 26.4 Å². The molecule has 4 fully saturated rings. The van der Waals surface area contributed by atoms with Gasteiger partial charge in [0.05, 0.1) is 26.4 Å². The van der Waals surface area contributed by atoms with Crippen molar-refractivity contribution < 1.29 is 105 Å². The van der Waals surface area contributed by atoms with Crippen LogP contribution >= 0.6 is 0 Å². The topological polar surface area (TPSA) is 361 Å². The summed E-state index contributed by atoms with van der Waals surface area (Å²) in [5.41, 5.74) is 0. The molecule has 45 heavy (non-hydrogen) atoms. The smallest absolute Gasteiger partial charge is 0.229 e. The van der Waals surface area contributed by atoms with Gasteiger partial charge in [0.1, 0.15) is 73.2 Å². The van der Waals surface area contributed by atoms with Crippen molar-refractivity contribution in [1.82, 2.24) is 0 Å². The van der Waals surface area contributed by atoms with Crippen LogP contribution in [0.25, 0.3) is 0 Å². The fourth-order valence-corrected chi connectivity index (χ4v) is 6.68. The van der Waals surface area contributed by atoms with Crippen LogP contribution in [0.4, 0.5) is 0 Å². The van der Waals surface area contributed by atoms with Gasteiger partial charge in [-0.2, -0.15) is 0 Å². The van der Waals surface area contributed by atoms with Gasteiger partial charge < -0.3 is 101 Å². The van der Waals surface area contributed by atoms with E-state index in [9.17, 15) is 81.7 Å².